The number of aliphatic imine (C=N–C) groups is 2. The highest BCUT2D eigenvalue weighted by Gasteiger charge is 2.44. The summed E-state index contributed by atoms with van der Waals surface area (Å²) in [6.45, 7) is 21.8. The molecule has 6 aromatic rings. The highest BCUT2D eigenvalue weighted by atomic mass is 35.5. The number of sulfonamides is 1. The van der Waals surface area contributed by atoms with Gasteiger partial charge in [-0.1, -0.05) is 87.3 Å². The maximum Gasteiger partial charge on any atom is 0.323 e. The van der Waals surface area contributed by atoms with E-state index >= 15 is 0 Å². The van der Waals surface area contributed by atoms with Gasteiger partial charge in [-0.3, -0.25) is 5.43 Å². The smallest absolute Gasteiger partial charge is 0.323 e. The molecule has 10 rings (SSSR count). The molecule has 3 N–H and O–H groups in total. The summed E-state index contributed by atoms with van der Waals surface area (Å²) in [7, 11) is -3.90. The highest BCUT2D eigenvalue weighted by molar-refractivity contribution is 7.88. The first-order chi connectivity index (χ1) is 34.0. The number of aromatic nitrogens is 5. The summed E-state index contributed by atoms with van der Waals surface area (Å²) in [4.78, 5) is 25.8. The van der Waals surface area contributed by atoms with Gasteiger partial charge in [-0.05, 0) is 56.4 Å². The van der Waals surface area contributed by atoms with Crippen LogP contribution in [0.4, 0.5) is 17.6 Å². The first-order valence-electron chi connectivity index (χ1n) is 23.5. The fraction of sp³-hybridized carbons (Fsp3) is 0.340. The van der Waals surface area contributed by atoms with Gasteiger partial charge in [0.05, 0.1) is 27.3 Å². The summed E-state index contributed by atoms with van der Waals surface area (Å²) in [6.07, 6.45) is 2.17. The lowest BCUT2D eigenvalue weighted by Crippen LogP contribution is -2.37. The first-order valence-corrected chi connectivity index (χ1v) is 25.9. The average Bonchev–Trinajstić information content (AvgIpc) is 3.89. The zero-order valence-corrected chi connectivity index (χ0v) is 42.1. The zero-order valence-electron chi connectivity index (χ0n) is 39.8. The number of nitrogens with one attached hydrogen (secondary N) is 3. The van der Waals surface area contributed by atoms with E-state index in [1.54, 1.807) is 4.57 Å². The lowest BCUT2D eigenvalue weighted by atomic mass is 9.93. The van der Waals surface area contributed by atoms with Crippen LogP contribution in [0.25, 0.3) is 38.8 Å². The lowest BCUT2D eigenvalue weighted by Gasteiger charge is -2.35. The van der Waals surface area contributed by atoms with Crippen molar-refractivity contribution in [2.45, 2.75) is 59.2 Å². The van der Waals surface area contributed by atoms with Crippen LogP contribution in [0.15, 0.2) is 111 Å². The largest absolute Gasteiger partial charge is 0.475 e. The van der Waals surface area contributed by atoms with E-state index in [9.17, 15) is 8.42 Å². The predicted molar refractivity (Wildman–Crippen MR) is 281 cm³/mol. The standard InChI is InChI=1S/C48H52Cl2N12O5S.C2H4/c1-6-59(7-2)25-26-65-48-56-46(55-47(57-48)58-60(8-3)9-4)51-23-24-52-68(63,64)27-62-33-18-14-12-16-29(33)37-35(62)22-20-31-43(37)67-45-39(50)40-44(38(49)41(45)54-31)66-42-30(53-40)19-21-34-36(42)28-15-11-13-17-32(28)61(34)10-5;1-2/h11-22,43-44,52H,6-10,23-27H2,1-5H3,(H2,51,55,56,57,58);1-2H2. The molecule has 3 aromatic heterocycles. The van der Waals surface area contributed by atoms with E-state index in [-0.39, 0.29) is 41.7 Å². The molecule has 366 valence electrons. The molecular formula is C50H56Cl2N12O5S. The molecule has 0 radical (unpaired) electrons. The molecule has 0 saturated carbocycles. The minimum atomic E-state index is -3.90. The van der Waals surface area contributed by atoms with Crippen LogP contribution in [0.3, 0.4) is 0 Å². The van der Waals surface area contributed by atoms with Crippen LogP contribution in [0.2, 0.25) is 0 Å². The number of anilines is 2. The number of hydrogen-bond donors (Lipinski definition) is 3. The first kappa shape index (κ1) is 48.7. The number of halogens is 2. The Morgan fingerprint density at radius 3 is 2.23 bits per heavy atom. The summed E-state index contributed by atoms with van der Waals surface area (Å²) >= 11 is 14.5. The summed E-state index contributed by atoms with van der Waals surface area (Å²) < 4.78 is 54.1. The van der Waals surface area contributed by atoms with Gasteiger partial charge in [0.15, 0.2) is 23.7 Å². The molecule has 4 aliphatic rings. The second kappa shape index (κ2) is 20.6. The minimum absolute atomic E-state index is 0.0549. The van der Waals surface area contributed by atoms with Crippen LogP contribution in [0, 0.1) is 0 Å². The highest BCUT2D eigenvalue weighted by Crippen LogP contribution is 2.51. The number of aryl methyl sites for hydroxylation is 1. The van der Waals surface area contributed by atoms with Gasteiger partial charge in [0.1, 0.15) is 34.6 Å². The molecule has 0 saturated heterocycles. The number of ether oxygens (including phenoxy) is 3. The molecule has 17 nitrogen and oxygen atoms in total. The summed E-state index contributed by atoms with van der Waals surface area (Å²) in [5.41, 5.74) is 9.48. The monoisotopic (exact) mass is 1010 g/mol. The van der Waals surface area contributed by atoms with Crippen LogP contribution in [0.5, 0.6) is 11.8 Å². The van der Waals surface area contributed by atoms with Crippen LogP contribution < -0.4 is 24.9 Å². The molecule has 3 aromatic carbocycles. The Labute approximate surface area is 417 Å². The Kier molecular flexibility index (Phi) is 14.3. The van der Waals surface area contributed by atoms with E-state index in [0.717, 1.165) is 72.0 Å². The molecular weight excluding hydrogens is 952 g/mol. The van der Waals surface area contributed by atoms with Crippen molar-refractivity contribution in [1.82, 2.24) is 38.7 Å². The van der Waals surface area contributed by atoms with Gasteiger partial charge in [-0.2, -0.15) is 15.0 Å². The van der Waals surface area contributed by atoms with Crippen molar-refractivity contribution in [1.29, 1.82) is 0 Å². The molecule has 0 amide bonds. The number of likely N-dealkylation sites (N-methyl/N-ethyl adjacent to an activating group) is 1. The van der Waals surface area contributed by atoms with E-state index < -0.39 is 22.2 Å². The molecule has 20 heteroatoms. The van der Waals surface area contributed by atoms with E-state index in [4.69, 9.17) is 47.4 Å². The minimum Gasteiger partial charge on any atom is -0.475 e. The number of nitrogens with zero attached hydrogens (tertiary/aromatic N) is 9. The summed E-state index contributed by atoms with van der Waals surface area (Å²) in [6, 6.07) is 20.0. The molecule has 0 bridgehead atoms. The van der Waals surface area contributed by atoms with Crippen molar-refractivity contribution < 1.29 is 22.6 Å². The Morgan fingerprint density at radius 1 is 0.786 bits per heavy atom. The van der Waals surface area contributed by atoms with Crippen LogP contribution in [-0.2, 0) is 27.2 Å². The SMILES string of the molecule is C=C.CCN(CC)CCOc1nc(NCCNS(=O)(=O)Cn2c3c(c4ccccc42)C2OC4=C(Cl)C5=Nc6ccc7c(c6OC5C(Cl)=C4N=C2C=C3)c2ccccc2n7CC)nc(NN(CC)CC)n1. The van der Waals surface area contributed by atoms with Crippen molar-refractivity contribution in [3.63, 3.8) is 0 Å². The fourth-order valence-corrected chi connectivity index (χ4v) is 11.0. The Morgan fingerprint density at radius 2 is 1.50 bits per heavy atom. The van der Waals surface area contributed by atoms with Crippen LogP contribution in [-0.4, -0.2) is 112 Å². The van der Waals surface area contributed by atoms with Crippen LogP contribution >= 0.6 is 23.2 Å². The van der Waals surface area contributed by atoms with Gasteiger partial charge in [-0.25, -0.2) is 28.1 Å². The number of para-hydroxylation sites is 2. The molecule has 2 aliphatic heterocycles. The number of hydrogen-bond acceptors (Lipinski definition) is 14. The van der Waals surface area contributed by atoms with Gasteiger partial charge < -0.3 is 33.6 Å². The number of rotatable bonds is 18. The molecule has 2 atom stereocenters. The normalized spacial score (nSPS) is 17.0. The molecule has 2 unspecified atom stereocenters. The number of benzene rings is 3. The quantitative estimate of drug-likeness (QED) is 0.0424. The fourth-order valence-electron chi connectivity index (χ4n) is 9.29. The lowest BCUT2D eigenvalue weighted by molar-refractivity contribution is 0.169. The van der Waals surface area contributed by atoms with Gasteiger partial charge in [0.2, 0.25) is 21.9 Å². The van der Waals surface area contributed by atoms with Gasteiger partial charge in [0.25, 0.3) is 0 Å². The molecule has 2 aliphatic carbocycles. The van der Waals surface area contributed by atoms with Gasteiger partial charge >= 0.3 is 6.01 Å². The van der Waals surface area contributed by atoms with Crippen molar-refractivity contribution in [3.8, 4) is 11.8 Å². The molecule has 5 heterocycles. The molecule has 0 fully saturated rings. The maximum atomic E-state index is 13.9. The van der Waals surface area contributed by atoms with Crippen LogP contribution in [0.1, 0.15) is 52.0 Å². The van der Waals surface area contributed by atoms with Crippen molar-refractivity contribution >= 4 is 101 Å². The summed E-state index contributed by atoms with van der Waals surface area (Å²) in [5, 5.41) is 8.46. The second-order valence-corrected chi connectivity index (χ2v) is 19.1. The van der Waals surface area contributed by atoms with Gasteiger partial charge in [0, 0.05) is 66.6 Å². The van der Waals surface area contributed by atoms with E-state index in [0.29, 0.717) is 57.4 Å². The topological polar surface area (TPSA) is 178 Å². The van der Waals surface area contributed by atoms with Crippen molar-refractivity contribution in [2.75, 3.05) is 63.2 Å². The Hall–Kier alpha value is -6.28. The maximum absolute atomic E-state index is 13.9. The third-order valence-electron chi connectivity index (χ3n) is 12.7. The second-order valence-electron chi connectivity index (χ2n) is 16.5. The number of hydrazine groups is 1. The number of fused-ring (bicyclic) bond motifs is 12. The molecule has 70 heavy (non-hydrogen) atoms. The Balaban J connectivity index is 0.00000300. The predicted octanol–water partition coefficient (Wildman–Crippen LogP) is 9.12. The zero-order chi connectivity index (χ0) is 49.3. The average molecular weight is 1010 g/mol. The third kappa shape index (κ3) is 9.03. The summed E-state index contributed by atoms with van der Waals surface area (Å²) in [5.74, 6) is 1.12. The molecule has 0 spiro atoms. The Bertz CT molecular complexity index is 3260. The van der Waals surface area contributed by atoms with Gasteiger partial charge in [-0.15, -0.1) is 13.2 Å². The van der Waals surface area contributed by atoms with E-state index in [1.807, 2.05) is 73.5 Å². The van der Waals surface area contributed by atoms with Crippen molar-refractivity contribution in [3.05, 3.63) is 113 Å². The van der Waals surface area contributed by atoms with Crippen molar-refractivity contribution in [2.24, 2.45) is 9.98 Å². The van der Waals surface area contributed by atoms with E-state index in [1.165, 1.54) is 0 Å². The van der Waals surface area contributed by atoms with E-state index in [2.05, 4.69) is 92.0 Å². The third-order valence-corrected chi connectivity index (χ3v) is 14.7.